The predicted octanol–water partition coefficient (Wildman–Crippen LogP) is 14.8. The minimum Gasteiger partial charge on any atom is -0.228 e. The van der Waals surface area contributed by atoms with Gasteiger partial charge in [0.15, 0.2) is 23.3 Å². The van der Waals surface area contributed by atoms with Crippen molar-refractivity contribution < 1.29 is 0 Å². The minimum atomic E-state index is 0.631. The first-order valence-corrected chi connectivity index (χ1v) is 21.4. The molecular weight excluding hydrogens is 779 g/mol. The van der Waals surface area contributed by atoms with Crippen LogP contribution >= 0.6 is 0 Å². The molecule has 2 heterocycles. The van der Waals surface area contributed by atoms with E-state index in [0.717, 1.165) is 88.9 Å². The van der Waals surface area contributed by atoms with E-state index in [-0.39, 0.29) is 0 Å². The Morgan fingerprint density at radius 2 is 0.562 bits per heavy atom. The fourth-order valence-electron chi connectivity index (χ4n) is 8.28. The summed E-state index contributed by atoms with van der Waals surface area (Å²) in [6.45, 7) is 0. The molecule has 2 aromatic heterocycles. The van der Waals surface area contributed by atoms with E-state index in [2.05, 4.69) is 140 Å². The van der Waals surface area contributed by atoms with Gasteiger partial charge in [0.2, 0.25) is 0 Å². The summed E-state index contributed by atoms with van der Waals surface area (Å²) in [5, 5.41) is 2.29. The Labute approximate surface area is 372 Å². The van der Waals surface area contributed by atoms with Gasteiger partial charge in [-0.2, -0.15) is 0 Å². The van der Waals surface area contributed by atoms with Crippen LogP contribution in [0.25, 0.3) is 112 Å². The fourth-order valence-corrected chi connectivity index (χ4v) is 8.28. The molecule has 0 aliphatic heterocycles. The summed E-state index contributed by atoms with van der Waals surface area (Å²) in [6.07, 6.45) is 0. The molecule has 0 fully saturated rings. The Kier molecular flexibility index (Phi) is 10.2. The second kappa shape index (κ2) is 17.0. The molecular formula is C59H39N5. The minimum absolute atomic E-state index is 0.631. The molecule has 5 nitrogen and oxygen atoms in total. The highest BCUT2D eigenvalue weighted by molar-refractivity contribution is 6.03. The van der Waals surface area contributed by atoms with Crippen LogP contribution in [-0.2, 0) is 0 Å². The van der Waals surface area contributed by atoms with Crippen molar-refractivity contribution in [2.75, 3.05) is 0 Å². The molecule has 11 rings (SSSR count). The lowest BCUT2D eigenvalue weighted by atomic mass is 9.91. The van der Waals surface area contributed by atoms with Gasteiger partial charge in [-0.3, -0.25) is 0 Å². The predicted molar refractivity (Wildman–Crippen MR) is 262 cm³/mol. The van der Waals surface area contributed by atoms with E-state index in [1.54, 1.807) is 0 Å². The second-order valence-electron chi connectivity index (χ2n) is 15.7. The van der Waals surface area contributed by atoms with Crippen molar-refractivity contribution in [1.29, 1.82) is 0 Å². The van der Waals surface area contributed by atoms with Gasteiger partial charge in [-0.15, -0.1) is 0 Å². The fraction of sp³-hybridized carbons (Fsp3) is 0. The van der Waals surface area contributed by atoms with Crippen LogP contribution in [0.3, 0.4) is 0 Å². The largest absolute Gasteiger partial charge is 0.228 e. The van der Waals surface area contributed by atoms with Gasteiger partial charge in [-0.05, 0) is 50.7 Å². The molecule has 300 valence electrons. The molecule has 0 aliphatic rings. The summed E-state index contributed by atoms with van der Waals surface area (Å²) >= 11 is 0. The summed E-state index contributed by atoms with van der Waals surface area (Å²) in [6, 6.07) is 81.8. The van der Waals surface area contributed by atoms with Crippen LogP contribution in [0.15, 0.2) is 237 Å². The normalized spacial score (nSPS) is 11.1. The smallest absolute Gasteiger partial charge is 0.164 e. The van der Waals surface area contributed by atoms with Crippen molar-refractivity contribution in [3.05, 3.63) is 237 Å². The Morgan fingerprint density at radius 3 is 1.03 bits per heavy atom. The summed E-state index contributed by atoms with van der Waals surface area (Å²) < 4.78 is 0. The standard InChI is InChI=1S/C59H39N5/c1-5-16-45(17-6-1)53-39-54(46-18-7-2-8-19-46)61-56(60-53)50-35-31-43(32-36-50)41-27-25-40(26-28-41)42-29-33-47(34-30-42)55-51-24-14-13-15-44(51)37-38-52(55)59-63-57(48-20-9-3-10-21-48)62-58(64-59)49-22-11-4-12-23-49/h1-39H. The molecule has 0 amide bonds. The maximum Gasteiger partial charge on any atom is 0.164 e. The first-order chi connectivity index (χ1) is 31.7. The quantitative estimate of drug-likeness (QED) is 0.145. The van der Waals surface area contributed by atoms with Crippen molar-refractivity contribution in [2.45, 2.75) is 0 Å². The maximum atomic E-state index is 5.11. The third-order valence-electron chi connectivity index (χ3n) is 11.6. The molecule has 0 N–H and O–H groups in total. The van der Waals surface area contributed by atoms with Gasteiger partial charge < -0.3 is 0 Å². The number of rotatable bonds is 9. The van der Waals surface area contributed by atoms with E-state index >= 15 is 0 Å². The molecule has 0 unspecified atom stereocenters. The Balaban J connectivity index is 0.902. The topological polar surface area (TPSA) is 64.5 Å². The van der Waals surface area contributed by atoms with Crippen molar-refractivity contribution in [2.24, 2.45) is 0 Å². The number of nitrogens with zero attached hydrogens (tertiary/aromatic N) is 5. The number of benzene rings is 9. The van der Waals surface area contributed by atoms with E-state index in [1.807, 2.05) is 97.1 Å². The molecule has 0 atom stereocenters. The first-order valence-electron chi connectivity index (χ1n) is 21.4. The number of fused-ring (bicyclic) bond motifs is 1. The van der Waals surface area contributed by atoms with E-state index < -0.39 is 0 Å². The van der Waals surface area contributed by atoms with Crippen LogP contribution in [0, 0.1) is 0 Å². The Bertz CT molecular complexity index is 3260. The molecule has 11 aromatic rings. The van der Waals surface area contributed by atoms with Gasteiger partial charge in [-0.1, -0.05) is 224 Å². The van der Waals surface area contributed by atoms with Gasteiger partial charge in [-0.25, -0.2) is 24.9 Å². The third kappa shape index (κ3) is 7.74. The molecule has 0 saturated carbocycles. The average molecular weight is 818 g/mol. The first kappa shape index (κ1) is 38.3. The highest BCUT2D eigenvalue weighted by Crippen LogP contribution is 2.39. The molecule has 0 radical (unpaired) electrons. The average Bonchev–Trinajstić information content (AvgIpc) is 3.39. The van der Waals surface area contributed by atoms with Gasteiger partial charge in [0.1, 0.15) is 0 Å². The zero-order chi connectivity index (χ0) is 42.7. The lowest BCUT2D eigenvalue weighted by Gasteiger charge is -2.15. The third-order valence-corrected chi connectivity index (χ3v) is 11.6. The summed E-state index contributed by atoms with van der Waals surface area (Å²) in [4.78, 5) is 25.2. The van der Waals surface area contributed by atoms with Crippen LogP contribution in [0.2, 0.25) is 0 Å². The molecule has 5 heteroatoms. The van der Waals surface area contributed by atoms with Crippen LogP contribution < -0.4 is 0 Å². The molecule has 0 spiro atoms. The van der Waals surface area contributed by atoms with E-state index in [9.17, 15) is 0 Å². The highest BCUT2D eigenvalue weighted by Gasteiger charge is 2.18. The SMILES string of the molecule is c1ccc(-c2cc(-c3ccccc3)nc(-c3ccc(-c4ccc(-c5ccc(-c6c(-c7nc(-c8ccccc8)nc(-c8ccccc8)n7)ccc7ccccc67)cc5)cc4)cc3)n2)cc1. The molecule has 64 heavy (non-hydrogen) atoms. The van der Waals surface area contributed by atoms with Crippen molar-refractivity contribution in [3.63, 3.8) is 0 Å². The Hall–Kier alpha value is -8.67. The summed E-state index contributed by atoms with van der Waals surface area (Å²) in [5.41, 5.74) is 14.4. The molecule has 0 aliphatic carbocycles. The van der Waals surface area contributed by atoms with Gasteiger partial charge in [0, 0.05) is 38.9 Å². The highest BCUT2D eigenvalue weighted by atomic mass is 15.0. The van der Waals surface area contributed by atoms with Gasteiger partial charge in [0.05, 0.1) is 11.4 Å². The van der Waals surface area contributed by atoms with Crippen molar-refractivity contribution in [1.82, 2.24) is 24.9 Å². The number of aromatic nitrogens is 5. The van der Waals surface area contributed by atoms with E-state index in [4.69, 9.17) is 24.9 Å². The number of hydrogen-bond donors (Lipinski definition) is 0. The van der Waals surface area contributed by atoms with E-state index in [1.165, 1.54) is 0 Å². The lowest BCUT2D eigenvalue weighted by molar-refractivity contribution is 1.07. The van der Waals surface area contributed by atoms with Crippen LogP contribution in [0.1, 0.15) is 0 Å². The van der Waals surface area contributed by atoms with Crippen LogP contribution in [0.4, 0.5) is 0 Å². The van der Waals surface area contributed by atoms with Crippen molar-refractivity contribution in [3.8, 4) is 101 Å². The maximum absolute atomic E-state index is 5.11. The second-order valence-corrected chi connectivity index (χ2v) is 15.7. The van der Waals surface area contributed by atoms with Crippen LogP contribution in [0.5, 0.6) is 0 Å². The summed E-state index contributed by atoms with van der Waals surface area (Å²) in [7, 11) is 0. The monoisotopic (exact) mass is 817 g/mol. The van der Waals surface area contributed by atoms with E-state index in [0.29, 0.717) is 23.3 Å². The number of hydrogen-bond acceptors (Lipinski definition) is 5. The summed E-state index contributed by atoms with van der Waals surface area (Å²) in [5.74, 6) is 2.60. The molecule has 0 bridgehead atoms. The van der Waals surface area contributed by atoms with Gasteiger partial charge in [0.25, 0.3) is 0 Å². The van der Waals surface area contributed by atoms with Crippen LogP contribution in [-0.4, -0.2) is 24.9 Å². The molecule has 0 saturated heterocycles. The zero-order valence-electron chi connectivity index (χ0n) is 34.8. The van der Waals surface area contributed by atoms with Gasteiger partial charge >= 0.3 is 0 Å². The molecule has 9 aromatic carbocycles. The Morgan fingerprint density at radius 1 is 0.219 bits per heavy atom. The zero-order valence-corrected chi connectivity index (χ0v) is 34.8. The lowest BCUT2D eigenvalue weighted by Crippen LogP contribution is -2.01. The van der Waals surface area contributed by atoms with Crippen molar-refractivity contribution >= 4 is 10.8 Å².